The molecule has 33 nitrogen and oxygen atoms in total. The van der Waals surface area contributed by atoms with Gasteiger partial charge < -0.3 is 76.3 Å². The van der Waals surface area contributed by atoms with Crippen LogP contribution < -0.4 is 9.80 Å². The van der Waals surface area contributed by atoms with Crippen LogP contribution >= 0.6 is 38.2 Å². The molecule has 10 atom stereocenters. The normalized spacial score (nSPS) is 24.5. The van der Waals surface area contributed by atoms with Crippen molar-refractivity contribution in [2.24, 2.45) is 0 Å². The van der Waals surface area contributed by atoms with E-state index in [1.165, 1.54) is 11.3 Å². The number of nitrogens with zero attached hydrogens (tertiary/aromatic N) is 12. The SMILES string of the molecule is CC(C)(C)OC(=O)N(c1nc(Cl)nc2c1cnn2[C@@H]1O[C@H](CO)[C@H]2OC(C)(C)O[C@H]21)C1CCCC1.CCOC(=O)C(=[N+]=[N-])P(=O)(OCC)OCC.CCOC(=O)C(OC[C@H]1O[C@@H](n2ncc3c(N(C(=O)OC(C)(C)C)C4CCCC4)nc(Cl)nc32)[C@@H]2OC(C)(C)O[C@@H]21)P(C)(=O)OCC. The molecule has 4 saturated heterocycles. The number of rotatable bonds is 22. The summed E-state index contributed by atoms with van der Waals surface area (Å²) < 4.78 is 108. The van der Waals surface area contributed by atoms with Gasteiger partial charge in [-0.05, 0) is 153 Å². The standard InChI is InChI=1S/C30H45ClN5O10P.C23H32ClN5O6.C8H15N2O5P/c1-9-40-25(37)26(47(8,39)42-10-2)41-16-19-20-21(45-30(6,7)44-20)24(43-19)36-23-18(15-32-36)22(33-27(31)34-23)35(17-13-11-12-14-17)28(38)46-29(3,4)5;1-22(2,3)35-21(31)28(12-8-6-7-9-12)17-13-10-25-29(18(13)27-20(24)26-17)19-16-15(14(11-30)32-19)33-23(4,5)34-16;1-4-13-8(11)7(10-9)16(12,14-5-2)15-6-3/h15,17,19-21,24,26H,9-14,16H2,1-8H3;10,12,14-16,19,30H,6-9,11H2,1-5H3;4-6H2,1-3H3/t19-,20-,21-,24-,26?,47?;14-,15-,16-,19-;/m11./s1. The molecule has 98 heavy (non-hydrogen) atoms. The van der Waals surface area contributed by atoms with Gasteiger partial charge in [0.15, 0.2) is 47.0 Å². The Hall–Kier alpha value is -5.44. The van der Waals surface area contributed by atoms with Crippen molar-refractivity contribution in [3.8, 4) is 0 Å². The molecular weight excluding hydrogens is 1370 g/mol. The van der Waals surface area contributed by atoms with Crippen molar-refractivity contribution >= 4 is 101 Å². The highest BCUT2D eigenvalue weighted by atomic mass is 35.5. The quantitative estimate of drug-likeness (QED) is 0.0145. The highest BCUT2D eigenvalue weighted by Gasteiger charge is 2.59. The van der Waals surface area contributed by atoms with Crippen LogP contribution in [0.4, 0.5) is 21.2 Å². The van der Waals surface area contributed by atoms with Gasteiger partial charge in [0, 0.05) is 18.7 Å². The molecule has 1 N–H and O–H groups in total. The molecule has 0 radical (unpaired) electrons. The second-order valence-corrected chi connectivity index (χ2v) is 31.7. The third-order valence-corrected chi connectivity index (χ3v) is 20.2. The second kappa shape index (κ2) is 32.3. The number of aromatic nitrogens is 8. The highest BCUT2D eigenvalue weighted by Crippen LogP contribution is 2.52. The van der Waals surface area contributed by atoms with Gasteiger partial charge in [-0.3, -0.25) is 14.4 Å². The number of carbonyl (C=O) groups is 4. The lowest BCUT2D eigenvalue weighted by molar-refractivity contribution is -0.204. The molecule has 4 aromatic rings. The third kappa shape index (κ3) is 18.2. The van der Waals surface area contributed by atoms with Gasteiger partial charge in [0.05, 0.1) is 69.4 Å². The zero-order valence-electron chi connectivity index (χ0n) is 58.2. The molecule has 4 aliphatic heterocycles. The molecule has 546 valence electrons. The lowest BCUT2D eigenvalue weighted by atomic mass is 10.1. The van der Waals surface area contributed by atoms with Crippen molar-refractivity contribution in [2.75, 3.05) is 62.7 Å². The summed E-state index contributed by atoms with van der Waals surface area (Å²) in [5.41, 5.74) is 7.22. The van der Waals surface area contributed by atoms with Crippen molar-refractivity contribution in [3.05, 3.63) is 28.5 Å². The largest absolute Gasteiger partial charge is 0.484 e. The molecule has 6 aliphatic rings. The van der Waals surface area contributed by atoms with E-state index in [0.717, 1.165) is 51.4 Å². The summed E-state index contributed by atoms with van der Waals surface area (Å²) in [4.78, 5) is 74.7. The minimum Gasteiger partial charge on any atom is -0.464 e. The average molecular weight is 1460 g/mol. The number of amides is 2. The average Bonchev–Trinajstić information content (AvgIpc) is 1.58. The van der Waals surface area contributed by atoms with Crippen molar-refractivity contribution in [3.63, 3.8) is 0 Å². The van der Waals surface area contributed by atoms with E-state index >= 15 is 0 Å². The van der Waals surface area contributed by atoms with E-state index in [1.54, 1.807) is 75.3 Å². The Labute approximate surface area is 578 Å². The van der Waals surface area contributed by atoms with Crippen LogP contribution in [0.5, 0.6) is 0 Å². The van der Waals surface area contributed by atoms with E-state index in [-0.39, 0.29) is 74.7 Å². The Kier molecular flexibility index (Phi) is 25.8. The molecule has 37 heteroatoms. The van der Waals surface area contributed by atoms with E-state index in [0.29, 0.717) is 27.9 Å². The number of aliphatic hydroxyl groups excluding tert-OH is 1. The van der Waals surface area contributed by atoms with Crippen LogP contribution in [0.15, 0.2) is 12.4 Å². The minimum atomic E-state index is -3.89. The fraction of sp³-hybridized carbons (Fsp3) is 0.754. The van der Waals surface area contributed by atoms with Crippen LogP contribution in [0.3, 0.4) is 0 Å². The van der Waals surface area contributed by atoms with Gasteiger partial charge in [0.25, 0.3) is 0 Å². The Bertz CT molecular complexity index is 3620. The molecule has 2 amide bonds. The van der Waals surface area contributed by atoms with Crippen molar-refractivity contribution in [2.45, 2.75) is 245 Å². The number of esters is 2. The first-order valence-electron chi connectivity index (χ1n) is 32.9. The van der Waals surface area contributed by atoms with E-state index in [4.69, 9.17) is 89.7 Å². The molecule has 6 fully saturated rings. The molecule has 2 saturated carbocycles. The fourth-order valence-electron chi connectivity index (χ4n) is 12.3. The summed E-state index contributed by atoms with van der Waals surface area (Å²) in [6, 6.07) is -0.206. The first-order valence-corrected chi connectivity index (χ1v) is 37.3. The van der Waals surface area contributed by atoms with Gasteiger partial charge in [0.2, 0.25) is 23.8 Å². The van der Waals surface area contributed by atoms with E-state index in [2.05, 4.69) is 39.7 Å². The smallest absolute Gasteiger partial charge is 0.464 e. The summed E-state index contributed by atoms with van der Waals surface area (Å²) in [6.45, 7) is 27.4. The molecule has 4 aromatic heterocycles. The maximum Gasteiger partial charge on any atom is 0.484 e. The van der Waals surface area contributed by atoms with Gasteiger partial charge >= 0.3 is 37.2 Å². The number of carbonyl (C=O) groups excluding carboxylic acids is 4. The molecule has 2 aliphatic carbocycles. The lowest BCUT2D eigenvalue weighted by Gasteiger charge is -2.31. The van der Waals surface area contributed by atoms with E-state index in [1.807, 2.05) is 55.4 Å². The van der Waals surface area contributed by atoms with E-state index in [9.17, 15) is 33.4 Å². The van der Waals surface area contributed by atoms with Crippen LogP contribution in [0.25, 0.3) is 27.6 Å². The molecule has 0 aromatic carbocycles. The Morgan fingerprint density at radius 3 is 1.45 bits per heavy atom. The first-order chi connectivity index (χ1) is 46.1. The molecule has 0 spiro atoms. The maximum atomic E-state index is 13.6. The summed E-state index contributed by atoms with van der Waals surface area (Å²) in [5, 5.41) is 19.9. The molecule has 10 rings (SSSR count). The van der Waals surface area contributed by atoms with Gasteiger partial charge in [-0.1, -0.05) is 25.7 Å². The van der Waals surface area contributed by atoms with Gasteiger partial charge in [-0.15, -0.1) is 4.79 Å². The number of aliphatic hydroxyl groups is 1. The van der Waals surface area contributed by atoms with Crippen molar-refractivity contribution in [1.82, 2.24) is 39.5 Å². The van der Waals surface area contributed by atoms with Gasteiger partial charge in [-0.25, -0.2) is 33.1 Å². The van der Waals surface area contributed by atoms with E-state index < -0.39 is 122 Å². The Morgan fingerprint density at radius 2 is 1.06 bits per heavy atom. The predicted molar refractivity (Wildman–Crippen MR) is 353 cm³/mol. The fourth-order valence-corrected chi connectivity index (χ4v) is 15.5. The van der Waals surface area contributed by atoms with Crippen LogP contribution in [0.1, 0.15) is 168 Å². The van der Waals surface area contributed by atoms with Crippen LogP contribution in [-0.4, -0.2) is 209 Å². The number of fused-ring (bicyclic) bond motifs is 4. The van der Waals surface area contributed by atoms with Crippen LogP contribution in [0.2, 0.25) is 10.6 Å². The number of ether oxygens (including phenoxy) is 11. The van der Waals surface area contributed by atoms with Crippen LogP contribution in [0, 0.1) is 0 Å². The van der Waals surface area contributed by atoms with Crippen molar-refractivity contribution < 1.29 is 104 Å². The predicted octanol–water partition coefficient (Wildman–Crippen LogP) is 10.4. The first kappa shape index (κ1) is 78.3. The topological polar surface area (TPSA) is 382 Å². The summed E-state index contributed by atoms with van der Waals surface area (Å²) in [7, 11) is -7.45. The summed E-state index contributed by atoms with van der Waals surface area (Å²) in [6.07, 6.45) is 4.07. The highest BCUT2D eigenvalue weighted by molar-refractivity contribution is 7.74. The van der Waals surface area contributed by atoms with Crippen LogP contribution in [-0.2, 0) is 84.4 Å². The molecular formula is C61H92Cl2N12O21P2. The second-order valence-electron chi connectivity index (χ2n) is 26.5. The molecule has 2 unspecified atom stereocenters. The monoisotopic (exact) mass is 1460 g/mol. The third-order valence-electron chi connectivity index (χ3n) is 15.9. The Balaban J connectivity index is 0.000000210. The number of hydrogen-bond donors (Lipinski definition) is 1. The number of hydrogen-bond acceptors (Lipinski definition) is 27. The molecule has 0 bridgehead atoms. The zero-order valence-corrected chi connectivity index (χ0v) is 61.5. The summed E-state index contributed by atoms with van der Waals surface area (Å²) >= 11 is 12.9. The minimum absolute atomic E-state index is 0.0296. The zero-order chi connectivity index (χ0) is 72.0. The maximum absolute atomic E-state index is 13.6. The number of anilines is 2. The Morgan fingerprint density at radius 1 is 0.653 bits per heavy atom. The van der Waals surface area contributed by atoms with Crippen molar-refractivity contribution in [1.29, 1.82) is 0 Å². The number of halogens is 2. The molecule has 8 heterocycles. The lowest BCUT2D eigenvalue weighted by Crippen LogP contribution is -2.43. The van der Waals surface area contributed by atoms with Gasteiger partial charge in [-0.2, -0.15) is 30.1 Å². The summed E-state index contributed by atoms with van der Waals surface area (Å²) in [5.74, 6) is -4.46. The van der Waals surface area contributed by atoms with Gasteiger partial charge in [0.1, 0.15) is 47.8 Å².